The predicted molar refractivity (Wildman–Crippen MR) is 82.5 cm³/mol. The van der Waals surface area contributed by atoms with Crippen molar-refractivity contribution >= 4 is 15.9 Å². The second kappa shape index (κ2) is 6.73. The number of ether oxygens (including phenoxy) is 1. The third-order valence-electron chi connectivity index (χ3n) is 4.12. The van der Waals surface area contributed by atoms with Gasteiger partial charge in [-0.3, -0.25) is 4.90 Å². The third kappa shape index (κ3) is 3.30. The van der Waals surface area contributed by atoms with Gasteiger partial charge in [0.05, 0.1) is 11.6 Å². The lowest BCUT2D eigenvalue weighted by molar-refractivity contribution is 0.240. The zero-order valence-corrected chi connectivity index (χ0v) is 13.3. The molecule has 0 aromatic heterocycles. The molecule has 1 saturated heterocycles. The fourth-order valence-corrected chi connectivity index (χ4v) is 3.42. The number of rotatable bonds is 5. The molecule has 1 aromatic rings. The Morgan fingerprint density at radius 1 is 1.53 bits per heavy atom. The van der Waals surface area contributed by atoms with Crippen molar-refractivity contribution in [3.8, 4) is 5.75 Å². The molecule has 4 heteroatoms. The van der Waals surface area contributed by atoms with Crippen LogP contribution in [0.25, 0.3) is 0 Å². The molecule has 1 aromatic carbocycles. The van der Waals surface area contributed by atoms with Gasteiger partial charge in [-0.25, -0.2) is 0 Å². The summed E-state index contributed by atoms with van der Waals surface area (Å²) in [5, 5.41) is 0. The highest BCUT2D eigenvalue weighted by Gasteiger charge is 2.27. The van der Waals surface area contributed by atoms with Crippen LogP contribution in [0.15, 0.2) is 22.7 Å². The van der Waals surface area contributed by atoms with Gasteiger partial charge in [0.25, 0.3) is 0 Å². The van der Waals surface area contributed by atoms with Crippen molar-refractivity contribution in [2.45, 2.75) is 25.8 Å². The summed E-state index contributed by atoms with van der Waals surface area (Å²) in [4.78, 5) is 2.52. The van der Waals surface area contributed by atoms with Crippen molar-refractivity contribution in [2.75, 3.05) is 26.7 Å². The number of nitrogens with zero attached hydrogens (tertiary/aromatic N) is 1. The van der Waals surface area contributed by atoms with E-state index in [1.807, 2.05) is 6.07 Å². The second-order valence-electron chi connectivity index (χ2n) is 5.20. The van der Waals surface area contributed by atoms with Crippen LogP contribution in [0, 0.1) is 5.92 Å². The van der Waals surface area contributed by atoms with E-state index in [2.05, 4.69) is 39.9 Å². The standard InChI is InChI=1S/C15H23BrN2O/c1-3-11-6-7-18(10-11)14(9-17)12-4-5-15(19-2)13(16)8-12/h4-5,8,11,14H,3,6-7,9-10,17H2,1-2H3. The van der Waals surface area contributed by atoms with Gasteiger partial charge >= 0.3 is 0 Å². The number of halogens is 1. The third-order valence-corrected chi connectivity index (χ3v) is 4.74. The summed E-state index contributed by atoms with van der Waals surface area (Å²) in [6.45, 7) is 5.26. The van der Waals surface area contributed by atoms with Gasteiger partial charge in [-0.1, -0.05) is 19.4 Å². The highest BCUT2D eigenvalue weighted by molar-refractivity contribution is 9.10. The average molecular weight is 327 g/mol. The van der Waals surface area contributed by atoms with E-state index in [1.54, 1.807) is 7.11 Å². The molecular weight excluding hydrogens is 304 g/mol. The lowest BCUT2D eigenvalue weighted by atomic mass is 10.0. The second-order valence-corrected chi connectivity index (χ2v) is 6.06. The van der Waals surface area contributed by atoms with Crippen molar-refractivity contribution in [3.05, 3.63) is 28.2 Å². The predicted octanol–water partition coefficient (Wildman–Crippen LogP) is 3.19. The Labute approximate surface area is 124 Å². The Morgan fingerprint density at radius 3 is 2.84 bits per heavy atom. The zero-order valence-electron chi connectivity index (χ0n) is 11.7. The Bertz CT molecular complexity index is 425. The van der Waals surface area contributed by atoms with Gasteiger partial charge in [-0.2, -0.15) is 0 Å². The van der Waals surface area contributed by atoms with Crippen molar-refractivity contribution < 1.29 is 4.74 Å². The average Bonchev–Trinajstić information content (AvgIpc) is 2.88. The monoisotopic (exact) mass is 326 g/mol. The van der Waals surface area contributed by atoms with Crippen molar-refractivity contribution in [1.29, 1.82) is 0 Å². The van der Waals surface area contributed by atoms with Crippen molar-refractivity contribution in [3.63, 3.8) is 0 Å². The lowest BCUT2D eigenvalue weighted by Crippen LogP contribution is -2.32. The van der Waals surface area contributed by atoms with Crippen LogP contribution < -0.4 is 10.5 Å². The van der Waals surface area contributed by atoms with E-state index in [4.69, 9.17) is 10.5 Å². The minimum Gasteiger partial charge on any atom is -0.496 e. The summed E-state index contributed by atoms with van der Waals surface area (Å²) < 4.78 is 6.28. The first-order valence-electron chi connectivity index (χ1n) is 6.97. The molecule has 2 atom stereocenters. The number of benzene rings is 1. The Hall–Kier alpha value is -0.580. The lowest BCUT2D eigenvalue weighted by Gasteiger charge is -2.27. The summed E-state index contributed by atoms with van der Waals surface area (Å²) in [5.41, 5.74) is 7.27. The smallest absolute Gasteiger partial charge is 0.133 e. The normalized spacial score (nSPS) is 21.6. The first kappa shape index (κ1) is 14.8. The molecule has 0 spiro atoms. The molecule has 1 heterocycles. The number of hydrogen-bond donors (Lipinski definition) is 1. The number of likely N-dealkylation sites (tertiary alicyclic amines) is 1. The molecule has 106 valence electrons. The van der Waals surface area contributed by atoms with Crippen LogP contribution in [-0.2, 0) is 0 Å². The van der Waals surface area contributed by atoms with Gasteiger partial charge in [-0.15, -0.1) is 0 Å². The molecule has 1 aliphatic heterocycles. The van der Waals surface area contributed by atoms with E-state index in [-0.39, 0.29) is 0 Å². The fourth-order valence-electron chi connectivity index (χ4n) is 2.86. The molecule has 1 aliphatic rings. The number of methoxy groups -OCH3 is 1. The van der Waals surface area contributed by atoms with Crippen LogP contribution in [0.3, 0.4) is 0 Å². The molecule has 2 rings (SSSR count). The summed E-state index contributed by atoms with van der Waals surface area (Å²) in [7, 11) is 1.69. The van der Waals surface area contributed by atoms with E-state index in [9.17, 15) is 0 Å². The van der Waals surface area contributed by atoms with E-state index >= 15 is 0 Å². The number of hydrogen-bond acceptors (Lipinski definition) is 3. The van der Waals surface area contributed by atoms with Crippen LogP contribution >= 0.6 is 15.9 Å². The van der Waals surface area contributed by atoms with Gasteiger partial charge in [0.1, 0.15) is 5.75 Å². The zero-order chi connectivity index (χ0) is 13.8. The Kier molecular flexibility index (Phi) is 5.25. The maximum Gasteiger partial charge on any atom is 0.133 e. The SMILES string of the molecule is CCC1CCN(C(CN)c2ccc(OC)c(Br)c2)C1. The Morgan fingerprint density at radius 2 is 2.32 bits per heavy atom. The highest BCUT2D eigenvalue weighted by atomic mass is 79.9. The molecule has 0 amide bonds. The molecule has 2 N–H and O–H groups in total. The summed E-state index contributed by atoms with van der Waals surface area (Å²) in [5.74, 6) is 1.70. The summed E-state index contributed by atoms with van der Waals surface area (Å²) in [6.07, 6.45) is 2.56. The van der Waals surface area contributed by atoms with Gasteiger partial charge in [0.2, 0.25) is 0 Å². The largest absolute Gasteiger partial charge is 0.496 e. The molecule has 0 saturated carbocycles. The first-order valence-corrected chi connectivity index (χ1v) is 7.76. The van der Waals surface area contributed by atoms with E-state index < -0.39 is 0 Å². The van der Waals surface area contributed by atoms with Crippen LogP contribution in [0.2, 0.25) is 0 Å². The summed E-state index contributed by atoms with van der Waals surface area (Å²) in [6, 6.07) is 6.59. The maximum absolute atomic E-state index is 6.00. The summed E-state index contributed by atoms with van der Waals surface area (Å²) >= 11 is 3.55. The van der Waals surface area contributed by atoms with Gasteiger partial charge in [-0.05, 0) is 52.5 Å². The van der Waals surface area contributed by atoms with Crippen molar-refractivity contribution in [2.24, 2.45) is 11.7 Å². The Balaban J connectivity index is 2.15. The fraction of sp³-hybridized carbons (Fsp3) is 0.600. The van der Waals surface area contributed by atoms with Gasteiger partial charge < -0.3 is 10.5 Å². The molecular formula is C15H23BrN2O. The van der Waals surface area contributed by atoms with Crippen LogP contribution in [-0.4, -0.2) is 31.6 Å². The number of nitrogens with two attached hydrogens (primary N) is 1. The molecule has 0 aliphatic carbocycles. The molecule has 0 bridgehead atoms. The molecule has 2 unspecified atom stereocenters. The highest BCUT2D eigenvalue weighted by Crippen LogP contribution is 2.32. The van der Waals surface area contributed by atoms with E-state index in [0.29, 0.717) is 12.6 Å². The maximum atomic E-state index is 6.00. The molecule has 3 nitrogen and oxygen atoms in total. The first-order chi connectivity index (χ1) is 9.19. The van der Waals surface area contributed by atoms with Crippen LogP contribution in [0.5, 0.6) is 5.75 Å². The van der Waals surface area contributed by atoms with Crippen LogP contribution in [0.4, 0.5) is 0 Å². The quantitative estimate of drug-likeness (QED) is 0.903. The molecule has 0 radical (unpaired) electrons. The molecule has 1 fully saturated rings. The minimum atomic E-state index is 0.318. The van der Waals surface area contributed by atoms with E-state index in [0.717, 1.165) is 22.7 Å². The van der Waals surface area contributed by atoms with Gasteiger partial charge in [0.15, 0.2) is 0 Å². The minimum absolute atomic E-state index is 0.318. The van der Waals surface area contributed by atoms with Crippen molar-refractivity contribution in [1.82, 2.24) is 4.90 Å². The topological polar surface area (TPSA) is 38.5 Å². The molecule has 19 heavy (non-hydrogen) atoms. The van der Waals surface area contributed by atoms with E-state index in [1.165, 1.54) is 24.9 Å². The van der Waals surface area contributed by atoms with Crippen LogP contribution in [0.1, 0.15) is 31.4 Å². The van der Waals surface area contributed by atoms with Gasteiger partial charge in [0, 0.05) is 19.1 Å².